The fraction of sp³-hybridized carbons (Fsp3) is 0.636. The number of hydrogen-bond acceptors (Lipinski definition) is 3. The highest BCUT2D eigenvalue weighted by Gasteiger charge is 2.20. The largest absolute Gasteiger partial charge is 0.352 e. The molecule has 0 unspecified atom stereocenters. The second kappa shape index (κ2) is 6.61. The Bertz CT molecular complexity index is 360. The van der Waals surface area contributed by atoms with E-state index < -0.39 is 0 Å². The molecule has 2 rings (SSSR count). The number of amides is 1. The first-order valence-corrected chi connectivity index (χ1v) is 5.71. The summed E-state index contributed by atoms with van der Waals surface area (Å²) >= 11 is 0. The number of rotatable bonds is 3. The van der Waals surface area contributed by atoms with E-state index in [9.17, 15) is 4.79 Å². The molecular formula is C11H19ClN4O. The monoisotopic (exact) mass is 258 g/mol. The molecule has 6 heteroatoms. The molecule has 1 aliphatic rings. The molecule has 1 atom stereocenters. The van der Waals surface area contributed by atoms with E-state index in [1.807, 2.05) is 13.2 Å². The molecule has 2 heterocycles. The molecule has 0 bridgehead atoms. The third-order valence-electron chi connectivity index (χ3n) is 2.89. The lowest BCUT2D eigenvalue weighted by Crippen LogP contribution is -2.40. The number of aromatic nitrogens is 2. The van der Waals surface area contributed by atoms with Gasteiger partial charge in [0.2, 0.25) is 5.91 Å². The Morgan fingerprint density at radius 1 is 1.71 bits per heavy atom. The van der Waals surface area contributed by atoms with Crippen LogP contribution < -0.4 is 10.6 Å². The van der Waals surface area contributed by atoms with Crippen LogP contribution in [0.1, 0.15) is 18.4 Å². The van der Waals surface area contributed by atoms with Crippen molar-refractivity contribution in [1.82, 2.24) is 20.4 Å². The molecule has 1 aromatic heterocycles. The molecule has 1 saturated heterocycles. The van der Waals surface area contributed by atoms with Gasteiger partial charge in [0.15, 0.2) is 0 Å². The van der Waals surface area contributed by atoms with Gasteiger partial charge in [0.1, 0.15) is 0 Å². The molecule has 0 aromatic carbocycles. The van der Waals surface area contributed by atoms with E-state index in [0.29, 0.717) is 6.54 Å². The standard InChI is InChI=1S/C11H18N4O.ClH/c1-15-8-9(6-14-15)5-13-11(16)10-3-2-4-12-7-10;/h6,8,10,12H,2-5,7H2,1H3,(H,13,16);1H/t10-;/m1./s1. The van der Waals surface area contributed by atoms with Crippen LogP contribution in [-0.2, 0) is 18.4 Å². The molecule has 1 aromatic rings. The molecule has 1 aliphatic heterocycles. The maximum absolute atomic E-state index is 11.8. The van der Waals surface area contributed by atoms with Crippen LogP contribution in [-0.4, -0.2) is 28.8 Å². The first-order chi connectivity index (χ1) is 7.75. The van der Waals surface area contributed by atoms with Gasteiger partial charge in [-0.1, -0.05) is 0 Å². The van der Waals surface area contributed by atoms with Crippen LogP contribution in [0, 0.1) is 5.92 Å². The average Bonchev–Trinajstić information content (AvgIpc) is 2.73. The summed E-state index contributed by atoms with van der Waals surface area (Å²) in [5, 5.41) is 10.3. The van der Waals surface area contributed by atoms with Crippen LogP contribution in [0.25, 0.3) is 0 Å². The zero-order valence-corrected chi connectivity index (χ0v) is 10.8. The first kappa shape index (κ1) is 14.0. The van der Waals surface area contributed by atoms with Crippen molar-refractivity contribution in [2.45, 2.75) is 19.4 Å². The number of hydrogen-bond donors (Lipinski definition) is 2. The summed E-state index contributed by atoms with van der Waals surface area (Å²) in [6.07, 6.45) is 5.77. The predicted octanol–water partition coefficient (Wildman–Crippen LogP) is 0.458. The summed E-state index contributed by atoms with van der Waals surface area (Å²) in [6.45, 7) is 2.41. The van der Waals surface area contributed by atoms with Crippen LogP contribution >= 0.6 is 12.4 Å². The summed E-state index contributed by atoms with van der Waals surface area (Å²) in [5.74, 6) is 0.279. The van der Waals surface area contributed by atoms with Gasteiger partial charge in [0.25, 0.3) is 0 Å². The topological polar surface area (TPSA) is 59.0 Å². The van der Waals surface area contributed by atoms with E-state index in [2.05, 4.69) is 15.7 Å². The second-order valence-electron chi connectivity index (χ2n) is 4.28. The highest BCUT2D eigenvalue weighted by atomic mass is 35.5. The Morgan fingerprint density at radius 3 is 3.12 bits per heavy atom. The molecule has 0 saturated carbocycles. The number of aryl methyl sites for hydroxylation is 1. The second-order valence-corrected chi connectivity index (χ2v) is 4.28. The lowest BCUT2D eigenvalue weighted by molar-refractivity contribution is -0.125. The lowest BCUT2D eigenvalue weighted by atomic mass is 9.99. The van der Waals surface area contributed by atoms with Crippen molar-refractivity contribution in [3.63, 3.8) is 0 Å². The van der Waals surface area contributed by atoms with E-state index in [1.165, 1.54) is 0 Å². The summed E-state index contributed by atoms with van der Waals surface area (Å²) in [6, 6.07) is 0. The summed E-state index contributed by atoms with van der Waals surface area (Å²) in [4.78, 5) is 11.8. The van der Waals surface area contributed by atoms with Crippen LogP contribution in [0.2, 0.25) is 0 Å². The minimum atomic E-state index is 0. The third kappa shape index (κ3) is 4.02. The van der Waals surface area contributed by atoms with Crippen molar-refractivity contribution < 1.29 is 4.79 Å². The normalized spacial score (nSPS) is 19.5. The van der Waals surface area contributed by atoms with Crippen molar-refractivity contribution in [3.8, 4) is 0 Å². The number of carbonyl (C=O) groups excluding carboxylic acids is 1. The number of halogens is 1. The summed E-state index contributed by atoms with van der Waals surface area (Å²) < 4.78 is 1.74. The Labute approximate surface area is 107 Å². The van der Waals surface area contributed by atoms with E-state index in [1.54, 1.807) is 10.9 Å². The van der Waals surface area contributed by atoms with E-state index >= 15 is 0 Å². The quantitative estimate of drug-likeness (QED) is 0.828. The molecule has 5 nitrogen and oxygen atoms in total. The Balaban J connectivity index is 0.00000144. The van der Waals surface area contributed by atoms with Gasteiger partial charge in [-0.2, -0.15) is 5.10 Å². The molecule has 0 aliphatic carbocycles. The predicted molar refractivity (Wildman–Crippen MR) is 67.9 cm³/mol. The van der Waals surface area contributed by atoms with Crippen LogP contribution in [0.3, 0.4) is 0 Å². The van der Waals surface area contributed by atoms with Crippen molar-refractivity contribution >= 4 is 18.3 Å². The molecular weight excluding hydrogens is 240 g/mol. The van der Waals surface area contributed by atoms with Gasteiger partial charge in [0.05, 0.1) is 12.1 Å². The van der Waals surface area contributed by atoms with Gasteiger partial charge in [0, 0.05) is 31.9 Å². The SMILES string of the molecule is Cl.Cn1cc(CNC(=O)[C@@H]2CCCNC2)cn1. The Morgan fingerprint density at radius 2 is 2.53 bits per heavy atom. The van der Waals surface area contributed by atoms with Crippen LogP contribution in [0.15, 0.2) is 12.4 Å². The van der Waals surface area contributed by atoms with Crippen molar-refractivity contribution in [2.75, 3.05) is 13.1 Å². The van der Waals surface area contributed by atoms with Gasteiger partial charge in [-0.15, -0.1) is 12.4 Å². The minimum Gasteiger partial charge on any atom is -0.352 e. The number of nitrogens with one attached hydrogen (secondary N) is 2. The van der Waals surface area contributed by atoms with Gasteiger partial charge in [-0.3, -0.25) is 9.48 Å². The van der Waals surface area contributed by atoms with Crippen LogP contribution in [0.4, 0.5) is 0 Å². The highest BCUT2D eigenvalue weighted by Crippen LogP contribution is 2.09. The fourth-order valence-electron chi connectivity index (χ4n) is 1.97. The molecule has 1 fully saturated rings. The molecule has 2 N–H and O–H groups in total. The summed E-state index contributed by atoms with van der Waals surface area (Å²) in [5.41, 5.74) is 1.04. The molecule has 96 valence electrons. The Kier molecular flexibility index (Phi) is 5.44. The minimum absolute atomic E-state index is 0. The van der Waals surface area contributed by atoms with Crippen molar-refractivity contribution in [1.29, 1.82) is 0 Å². The van der Waals surface area contributed by atoms with E-state index in [4.69, 9.17) is 0 Å². The zero-order chi connectivity index (χ0) is 11.4. The maximum atomic E-state index is 11.8. The van der Waals surface area contributed by atoms with E-state index in [-0.39, 0.29) is 24.2 Å². The number of nitrogens with zero attached hydrogens (tertiary/aromatic N) is 2. The van der Waals surface area contributed by atoms with Crippen molar-refractivity contribution in [2.24, 2.45) is 13.0 Å². The Hall–Kier alpha value is -1.07. The molecule has 0 radical (unpaired) electrons. The molecule has 1 amide bonds. The van der Waals surface area contributed by atoms with Crippen molar-refractivity contribution in [3.05, 3.63) is 18.0 Å². The van der Waals surface area contributed by atoms with Crippen LogP contribution in [0.5, 0.6) is 0 Å². The smallest absolute Gasteiger partial charge is 0.224 e. The maximum Gasteiger partial charge on any atom is 0.224 e. The first-order valence-electron chi connectivity index (χ1n) is 5.71. The molecule has 0 spiro atoms. The average molecular weight is 259 g/mol. The van der Waals surface area contributed by atoms with Gasteiger partial charge in [-0.05, 0) is 19.4 Å². The van der Waals surface area contributed by atoms with E-state index in [0.717, 1.165) is 31.5 Å². The number of carbonyl (C=O) groups is 1. The van der Waals surface area contributed by atoms with Gasteiger partial charge in [-0.25, -0.2) is 0 Å². The fourth-order valence-corrected chi connectivity index (χ4v) is 1.97. The highest BCUT2D eigenvalue weighted by molar-refractivity contribution is 5.85. The zero-order valence-electron chi connectivity index (χ0n) is 9.98. The van der Waals surface area contributed by atoms with Gasteiger partial charge < -0.3 is 10.6 Å². The lowest BCUT2D eigenvalue weighted by Gasteiger charge is -2.21. The molecule has 17 heavy (non-hydrogen) atoms. The van der Waals surface area contributed by atoms with Gasteiger partial charge >= 0.3 is 0 Å². The number of piperidine rings is 1. The summed E-state index contributed by atoms with van der Waals surface area (Å²) in [7, 11) is 1.87. The third-order valence-corrected chi connectivity index (χ3v) is 2.89.